The van der Waals surface area contributed by atoms with Crippen LogP contribution in [0.3, 0.4) is 0 Å². The molecule has 2 aliphatic rings. The fourth-order valence-electron chi connectivity index (χ4n) is 3.84. The maximum absolute atomic E-state index is 12.6. The van der Waals surface area contributed by atoms with Crippen LogP contribution in [-0.2, 0) is 11.4 Å². The SMILES string of the molecule is C[C@H](N[S+]([O-])C(C)(C)C)c1ccc(N(C)C2CCN(C)CC2)cc1/C=C/C1CC1. The predicted octanol–water partition coefficient (Wildman–Crippen LogP) is 4.75. The molecular formula is C24H39N3OS. The van der Waals surface area contributed by atoms with E-state index in [1.165, 1.54) is 55.6 Å². The van der Waals surface area contributed by atoms with Crippen LogP contribution in [0, 0.1) is 5.92 Å². The summed E-state index contributed by atoms with van der Waals surface area (Å²) >= 11 is -1.09. The zero-order valence-corrected chi connectivity index (χ0v) is 19.9. The van der Waals surface area contributed by atoms with Crippen molar-refractivity contribution in [2.45, 2.75) is 70.2 Å². The number of nitrogens with one attached hydrogen (secondary N) is 1. The molecule has 0 aromatic heterocycles. The molecule has 5 heteroatoms. The van der Waals surface area contributed by atoms with Gasteiger partial charge in [-0.2, -0.15) is 0 Å². The molecule has 2 fully saturated rings. The highest BCUT2D eigenvalue weighted by Crippen LogP contribution is 2.33. The Labute approximate surface area is 181 Å². The van der Waals surface area contributed by atoms with E-state index in [1.807, 2.05) is 20.8 Å². The molecule has 2 atom stereocenters. The van der Waals surface area contributed by atoms with Gasteiger partial charge in [-0.15, -0.1) is 4.72 Å². The number of anilines is 1. The Morgan fingerprint density at radius 1 is 1.21 bits per heavy atom. The summed E-state index contributed by atoms with van der Waals surface area (Å²) in [6.07, 6.45) is 9.68. The summed E-state index contributed by atoms with van der Waals surface area (Å²) in [6, 6.07) is 7.42. The van der Waals surface area contributed by atoms with Crippen molar-refractivity contribution in [1.29, 1.82) is 0 Å². The zero-order chi connectivity index (χ0) is 21.2. The third-order valence-corrected chi connectivity index (χ3v) is 7.87. The van der Waals surface area contributed by atoms with E-state index in [-0.39, 0.29) is 10.8 Å². The van der Waals surface area contributed by atoms with Gasteiger partial charge in [-0.3, -0.25) is 0 Å². The molecule has 0 spiro atoms. The second-order valence-corrected chi connectivity index (χ2v) is 11.9. The minimum absolute atomic E-state index is 0.0385. The highest BCUT2D eigenvalue weighted by atomic mass is 32.2. The van der Waals surface area contributed by atoms with Crippen LogP contribution < -0.4 is 9.62 Å². The fourth-order valence-corrected chi connectivity index (χ4v) is 4.64. The highest BCUT2D eigenvalue weighted by molar-refractivity contribution is 7.90. The Morgan fingerprint density at radius 3 is 2.45 bits per heavy atom. The Kier molecular flexibility index (Phi) is 7.36. The van der Waals surface area contributed by atoms with Gasteiger partial charge >= 0.3 is 0 Å². The topological polar surface area (TPSA) is 41.6 Å². The Bertz CT molecular complexity index is 703. The van der Waals surface area contributed by atoms with Gasteiger partial charge in [-0.25, -0.2) is 0 Å². The van der Waals surface area contributed by atoms with Crippen LogP contribution in [0.5, 0.6) is 0 Å². The molecule has 0 radical (unpaired) electrons. The van der Waals surface area contributed by atoms with E-state index in [9.17, 15) is 4.55 Å². The van der Waals surface area contributed by atoms with Crippen LogP contribution in [0.4, 0.5) is 5.69 Å². The number of rotatable bonds is 7. The van der Waals surface area contributed by atoms with Crippen LogP contribution in [0.25, 0.3) is 6.08 Å². The molecule has 1 heterocycles. The molecule has 1 N–H and O–H groups in total. The number of hydrogen-bond acceptors (Lipinski definition) is 4. The van der Waals surface area contributed by atoms with Crippen molar-refractivity contribution in [2.24, 2.45) is 5.92 Å². The molecule has 1 aromatic carbocycles. The average Bonchev–Trinajstić information content (AvgIpc) is 3.50. The van der Waals surface area contributed by atoms with E-state index in [1.54, 1.807) is 0 Å². The van der Waals surface area contributed by atoms with E-state index in [4.69, 9.17) is 0 Å². The van der Waals surface area contributed by atoms with E-state index in [2.05, 4.69) is 65.9 Å². The van der Waals surface area contributed by atoms with Crippen LogP contribution in [-0.4, -0.2) is 47.4 Å². The maximum atomic E-state index is 12.6. The summed E-state index contributed by atoms with van der Waals surface area (Å²) in [5.74, 6) is 0.741. The van der Waals surface area contributed by atoms with Gasteiger partial charge in [-0.1, -0.05) is 18.2 Å². The van der Waals surface area contributed by atoms with Gasteiger partial charge in [0, 0.05) is 30.1 Å². The lowest BCUT2D eigenvalue weighted by atomic mass is 9.98. The first-order chi connectivity index (χ1) is 13.6. The molecule has 1 saturated heterocycles. The zero-order valence-electron chi connectivity index (χ0n) is 19.1. The van der Waals surface area contributed by atoms with Crippen LogP contribution in [0.2, 0.25) is 0 Å². The molecule has 0 amide bonds. The summed E-state index contributed by atoms with van der Waals surface area (Å²) in [4.78, 5) is 4.87. The lowest BCUT2D eigenvalue weighted by molar-refractivity contribution is 0.253. The van der Waals surface area contributed by atoms with E-state index in [0.717, 1.165) is 5.92 Å². The molecule has 1 aromatic rings. The number of nitrogens with zero attached hydrogens (tertiary/aromatic N) is 2. The smallest absolute Gasteiger partial charge is 0.136 e. The summed E-state index contributed by atoms with van der Waals surface area (Å²) in [7, 11) is 4.44. The first kappa shape index (κ1) is 22.7. The predicted molar refractivity (Wildman–Crippen MR) is 127 cm³/mol. The number of piperidine rings is 1. The molecule has 29 heavy (non-hydrogen) atoms. The first-order valence-electron chi connectivity index (χ1n) is 11.1. The Hall–Kier alpha value is -1.01. The maximum Gasteiger partial charge on any atom is 0.136 e. The standard InChI is InChI=1S/C24H39N3OS/c1-18(25-29(28)24(2,3)4)23-12-11-22(17-20(23)10-9-19-7-8-19)27(6)21-13-15-26(5)16-14-21/h9-12,17-19,21,25H,7-8,13-16H2,1-6H3/b10-9+/t18-,29?/m0/s1. The molecule has 4 nitrogen and oxygen atoms in total. The number of likely N-dealkylation sites (tertiary alicyclic amines) is 1. The Morgan fingerprint density at radius 2 is 1.86 bits per heavy atom. The van der Waals surface area contributed by atoms with Crippen molar-refractivity contribution in [1.82, 2.24) is 9.62 Å². The molecule has 1 unspecified atom stereocenters. The van der Waals surface area contributed by atoms with Gasteiger partial charge < -0.3 is 14.4 Å². The van der Waals surface area contributed by atoms with Crippen molar-refractivity contribution in [3.63, 3.8) is 0 Å². The molecule has 1 saturated carbocycles. The molecule has 162 valence electrons. The quantitative estimate of drug-likeness (QED) is 0.650. The highest BCUT2D eigenvalue weighted by Gasteiger charge is 2.29. The van der Waals surface area contributed by atoms with Crippen molar-refractivity contribution in [2.75, 3.05) is 32.1 Å². The molecule has 0 bridgehead atoms. The van der Waals surface area contributed by atoms with Gasteiger partial charge in [0.1, 0.15) is 4.75 Å². The van der Waals surface area contributed by atoms with Gasteiger partial charge in [-0.05, 0) is 103 Å². The van der Waals surface area contributed by atoms with E-state index in [0.29, 0.717) is 6.04 Å². The van der Waals surface area contributed by atoms with E-state index >= 15 is 0 Å². The minimum Gasteiger partial charge on any atom is -0.598 e. The summed E-state index contributed by atoms with van der Waals surface area (Å²) in [5, 5.41) is 0. The van der Waals surface area contributed by atoms with Crippen LogP contribution in [0.1, 0.15) is 70.5 Å². The van der Waals surface area contributed by atoms with Gasteiger partial charge in [0.25, 0.3) is 0 Å². The Balaban J connectivity index is 1.81. The second kappa shape index (κ2) is 9.42. The first-order valence-corrected chi connectivity index (χ1v) is 12.2. The molecular weight excluding hydrogens is 378 g/mol. The van der Waals surface area contributed by atoms with Gasteiger partial charge in [0.2, 0.25) is 0 Å². The van der Waals surface area contributed by atoms with Crippen molar-refractivity contribution >= 4 is 23.1 Å². The van der Waals surface area contributed by atoms with Crippen LogP contribution >= 0.6 is 0 Å². The third-order valence-electron chi connectivity index (χ3n) is 6.19. The lowest BCUT2D eigenvalue weighted by Gasteiger charge is -2.36. The van der Waals surface area contributed by atoms with E-state index < -0.39 is 11.4 Å². The van der Waals surface area contributed by atoms with Crippen molar-refractivity contribution in [3.8, 4) is 0 Å². The molecule has 1 aliphatic heterocycles. The molecule has 1 aliphatic carbocycles. The summed E-state index contributed by atoms with van der Waals surface area (Å²) in [6.45, 7) is 10.5. The summed E-state index contributed by atoms with van der Waals surface area (Å²) < 4.78 is 15.7. The summed E-state index contributed by atoms with van der Waals surface area (Å²) in [5.41, 5.74) is 3.75. The monoisotopic (exact) mass is 417 g/mol. The van der Waals surface area contributed by atoms with Crippen molar-refractivity contribution in [3.05, 3.63) is 35.4 Å². The largest absolute Gasteiger partial charge is 0.598 e. The lowest BCUT2D eigenvalue weighted by Crippen LogP contribution is -2.42. The second-order valence-electron chi connectivity index (χ2n) is 9.88. The van der Waals surface area contributed by atoms with Crippen LogP contribution in [0.15, 0.2) is 24.3 Å². The molecule has 3 rings (SSSR count). The minimum atomic E-state index is -1.09. The van der Waals surface area contributed by atoms with Gasteiger partial charge in [0.05, 0.1) is 6.04 Å². The normalized spacial score (nSPS) is 21.5. The fraction of sp³-hybridized carbons (Fsp3) is 0.667. The number of hydrogen-bond donors (Lipinski definition) is 1. The number of benzene rings is 1. The van der Waals surface area contributed by atoms with Gasteiger partial charge in [0.15, 0.2) is 0 Å². The average molecular weight is 418 g/mol. The van der Waals surface area contributed by atoms with Crippen molar-refractivity contribution < 1.29 is 4.55 Å². The number of allylic oxidation sites excluding steroid dienone is 1. The third kappa shape index (κ3) is 6.24.